The normalized spacial score (nSPS) is 8.83. The molecule has 2 aromatic rings. The number of nitrogens with one attached hydrogen (secondary N) is 2. The maximum absolute atomic E-state index is 12.0. The molecule has 0 atom stereocenters. The van der Waals surface area contributed by atoms with E-state index in [2.05, 4.69) is 10.6 Å². The first-order valence-corrected chi connectivity index (χ1v) is 8.37. The van der Waals surface area contributed by atoms with Gasteiger partial charge >= 0.3 is 6.03 Å². The highest BCUT2D eigenvalue weighted by atomic mass is 16.2. The number of hydrogen-bond acceptors (Lipinski definition) is 5. The van der Waals surface area contributed by atoms with Crippen LogP contribution in [-0.4, -0.2) is 6.03 Å². The van der Waals surface area contributed by atoms with Crippen LogP contribution >= 0.6 is 0 Å². The average molecular weight is 378 g/mol. The molecule has 29 heavy (non-hydrogen) atoms. The van der Waals surface area contributed by atoms with Gasteiger partial charge < -0.3 is 10.6 Å². The molecular formula is C22H14N6O. The fourth-order valence-electron chi connectivity index (χ4n) is 2.37. The second-order valence-corrected chi connectivity index (χ2v) is 5.66. The Kier molecular flexibility index (Phi) is 7.29. The van der Waals surface area contributed by atoms with Crippen molar-refractivity contribution in [1.82, 2.24) is 5.32 Å². The predicted octanol–water partition coefficient (Wildman–Crippen LogP) is 3.78. The molecule has 0 aliphatic rings. The molecule has 0 bridgehead atoms. The summed E-state index contributed by atoms with van der Waals surface area (Å²) in [6.45, 7) is 0.376. The summed E-state index contributed by atoms with van der Waals surface area (Å²) in [4.78, 5) is 12.0. The maximum atomic E-state index is 12.0. The first-order valence-electron chi connectivity index (χ1n) is 8.37. The number of rotatable bonds is 5. The first kappa shape index (κ1) is 20.5. The number of benzene rings is 2. The fourth-order valence-corrected chi connectivity index (χ4v) is 2.37. The van der Waals surface area contributed by atoms with Crippen molar-refractivity contribution in [2.45, 2.75) is 6.54 Å². The summed E-state index contributed by atoms with van der Waals surface area (Å²) in [5.41, 5.74) is 1.62. The highest BCUT2D eigenvalue weighted by Gasteiger charge is 2.10. The van der Waals surface area contributed by atoms with E-state index in [1.807, 2.05) is 30.3 Å². The Morgan fingerprint density at radius 2 is 1.48 bits per heavy atom. The number of allylic oxidation sites excluding steroid dienone is 4. The van der Waals surface area contributed by atoms with Crippen molar-refractivity contribution in [3.05, 3.63) is 82.9 Å². The van der Waals surface area contributed by atoms with Gasteiger partial charge in [0.2, 0.25) is 0 Å². The number of carbonyl (C=O) groups excluding carboxylic acids is 1. The van der Waals surface area contributed by atoms with E-state index in [9.17, 15) is 4.79 Å². The van der Waals surface area contributed by atoms with Crippen LogP contribution in [0.25, 0.3) is 5.57 Å². The monoisotopic (exact) mass is 378 g/mol. The Labute approximate surface area is 168 Å². The summed E-state index contributed by atoms with van der Waals surface area (Å²) < 4.78 is 0. The molecular weight excluding hydrogens is 364 g/mol. The number of hydrogen-bond donors (Lipinski definition) is 2. The quantitative estimate of drug-likeness (QED) is 0.602. The summed E-state index contributed by atoms with van der Waals surface area (Å²) >= 11 is 0. The van der Waals surface area contributed by atoms with Gasteiger partial charge in [-0.05, 0) is 29.3 Å². The number of urea groups is 1. The molecule has 138 valence electrons. The molecule has 0 radical (unpaired) electrons. The Bertz CT molecular complexity index is 1090. The third-order valence-electron chi connectivity index (χ3n) is 3.77. The highest BCUT2D eigenvalue weighted by Crippen LogP contribution is 2.23. The van der Waals surface area contributed by atoms with Gasteiger partial charge in [0.15, 0.2) is 0 Å². The van der Waals surface area contributed by atoms with Gasteiger partial charge in [0.25, 0.3) is 0 Å². The zero-order valence-corrected chi connectivity index (χ0v) is 15.2. The number of nitrogens with zero attached hydrogens (tertiary/aromatic N) is 4. The molecule has 0 saturated heterocycles. The molecule has 0 aromatic heterocycles. The van der Waals surface area contributed by atoms with E-state index in [1.165, 1.54) is 6.08 Å². The zero-order valence-electron chi connectivity index (χ0n) is 15.2. The molecule has 0 aliphatic carbocycles. The van der Waals surface area contributed by atoms with E-state index < -0.39 is 0 Å². The van der Waals surface area contributed by atoms with Crippen LogP contribution in [0.3, 0.4) is 0 Å². The standard InChI is InChI=1S/C22H14N6O/c23-11-17(12-24)10-21(19(13-25)14-26)18-6-8-20(9-7-18)28-22(29)27-15-16-4-2-1-3-5-16/h1-10H,15H2,(H2,27,28,29). The van der Waals surface area contributed by atoms with Crippen molar-refractivity contribution in [1.29, 1.82) is 21.0 Å². The lowest BCUT2D eigenvalue weighted by Gasteiger charge is -2.09. The van der Waals surface area contributed by atoms with Gasteiger partial charge in [-0.15, -0.1) is 0 Å². The second-order valence-electron chi connectivity index (χ2n) is 5.66. The molecule has 2 rings (SSSR count). The minimum atomic E-state index is -0.386. The number of nitriles is 4. The molecule has 7 heteroatoms. The van der Waals surface area contributed by atoms with Gasteiger partial charge in [0.1, 0.15) is 35.4 Å². The summed E-state index contributed by atoms with van der Waals surface area (Å²) in [5, 5.41) is 41.6. The lowest BCUT2D eigenvalue weighted by Crippen LogP contribution is -2.28. The van der Waals surface area contributed by atoms with Crippen molar-refractivity contribution in [3.8, 4) is 24.3 Å². The van der Waals surface area contributed by atoms with Crippen LogP contribution < -0.4 is 10.6 Å². The van der Waals surface area contributed by atoms with Crippen LogP contribution in [-0.2, 0) is 6.54 Å². The predicted molar refractivity (Wildman–Crippen MR) is 106 cm³/mol. The smallest absolute Gasteiger partial charge is 0.319 e. The molecule has 0 heterocycles. The second kappa shape index (κ2) is 10.3. The lowest BCUT2D eigenvalue weighted by molar-refractivity contribution is 0.251. The molecule has 0 unspecified atom stereocenters. The Morgan fingerprint density at radius 3 is 2.03 bits per heavy atom. The molecule has 0 fully saturated rings. The van der Waals surface area contributed by atoms with Gasteiger partial charge in [0, 0.05) is 17.8 Å². The van der Waals surface area contributed by atoms with Gasteiger partial charge in [-0.2, -0.15) is 21.0 Å². The van der Waals surface area contributed by atoms with E-state index in [-0.39, 0.29) is 22.8 Å². The molecule has 2 amide bonds. The molecule has 7 nitrogen and oxygen atoms in total. The number of carbonyl (C=O) groups is 1. The third kappa shape index (κ3) is 5.83. The first-order chi connectivity index (χ1) is 14.1. The third-order valence-corrected chi connectivity index (χ3v) is 3.77. The van der Waals surface area contributed by atoms with Gasteiger partial charge in [-0.1, -0.05) is 42.5 Å². The Morgan fingerprint density at radius 1 is 0.862 bits per heavy atom. The Balaban J connectivity index is 2.16. The molecule has 0 spiro atoms. The van der Waals surface area contributed by atoms with Crippen molar-refractivity contribution >= 4 is 17.3 Å². The van der Waals surface area contributed by atoms with Crippen molar-refractivity contribution in [2.75, 3.05) is 5.32 Å². The Hall–Kier alpha value is -4.85. The summed E-state index contributed by atoms with van der Waals surface area (Å²) in [7, 11) is 0. The lowest BCUT2D eigenvalue weighted by atomic mass is 9.98. The van der Waals surface area contributed by atoms with Crippen LogP contribution in [0, 0.1) is 45.3 Å². The van der Waals surface area contributed by atoms with Crippen LogP contribution in [0.4, 0.5) is 10.5 Å². The van der Waals surface area contributed by atoms with Crippen molar-refractivity contribution in [3.63, 3.8) is 0 Å². The molecule has 2 N–H and O–H groups in total. The summed E-state index contributed by atoms with van der Waals surface area (Å²) in [6.07, 6.45) is 1.19. The van der Waals surface area contributed by atoms with Crippen LogP contribution in [0.2, 0.25) is 0 Å². The van der Waals surface area contributed by atoms with Crippen LogP contribution in [0.1, 0.15) is 11.1 Å². The average Bonchev–Trinajstić information content (AvgIpc) is 2.77. The van der Waals surface area contributed by atoms with E-state index in [4.69, 9.17) is 21.0 Å². The molecule has 0 saturated carbocycles. The SMILES string of the molecule is N#CC(C#N)=CC(=C(C#N)C#N)c1ccc(NC(=O)NCc2ccccc2)cc1. The topological polar surface area (TPSA) is 136 Å². The van der Waals surface area contributed by atoms with E-state index >= 15 is 0 Å². The summed E-state index contributed by atoms with van der Waals surface area (Å²) in [6, 6.07) is 22.3. The van der Waals surface area contributed by atoms with Gasteiger partial charge in [-0.3, -0.25) is 0 Å². The highest BCUT2D eigenvalue weighted by molar-refractivity contribution is 5.90. The minimum Gasteiger partial charge on any atom is -0.334 e. The maximum Gasteiger partial charge on any atom is 0.319 e. The number of anilines is 1. The largest absolute Gasteiger partial charge is 0.334 e. The number of amides is 2. The van der Waals surface area contributed by atoms with Crippen molar-refractivity contribution in [2.24, 2.45) is 0 Å². The van der Waals surface area contributed by atoms with E-state index in [0.717, 1.165) is 5.56 Å². The van der Waals surface area contributed by atoms with Gasteiger partial charge in [0.05, 0.1) is 0 Å². The van der Waals surface area contributed by atoms with E-state index in [1.54, 1.807) is 48.5 Å². The molecule has 2 aromatic carbocycles. The van der Waals surface area contributed by atoms with Crippen molar-refractivity contribution < 1.29 is 4.79 Å². The van der Waals surface area contributed by atoms with Crippen LogP contribution in [0.15, 0.2) is 71.8 Å². The minimum absolute atomic E-state index is 0.160. The summed E-state index contributed by atoms with van der Waals surface area (Å²) in [5.74, 6) is 0. The molecule has 0 aliphatic heterocycles. The fraction of sp³-hybridized carbons (Fsp3) is 0.0455. The van der Waals surface area contributed by atoms with E-state index in [0.29, 0.717) is 17.8 Å². The van der Waals surface area contributed by atoms with Crippen LogP contribution in [0.5, 0.6) is 0 Å². The van der Waals surface area contributed by atoms with Gasteiger partial charge in [-0.25, -0.2) is 4.79 Å². The zero-order chi connectivity index (χ0) is 21.1.